The van der Waals surface area contributed by atoms with E-state index in [1.165, 1.54) is 24.1 Å². The average Bonchev–Trinajstić information content (AvgIpc) is 3.46. The Balaban J connectivity index is 1.40. The van der Waals surface area contributed by atoms with Gasteiger partial charge >= 0.3 is 0 Å². The van der Waals surface area contributed by atoms with Gasteiger partial charge in [-0.2, -0.15) is 0 Å². The molecule has 4 aliphatic rings. The number of rotatable bonds is 4. The molecule has 0 unspecified atom stereocenters. The number of nitrogens with zero attached hydrogens (tertiary/aromatic N) is 3. The minimum Gasteiger partial charge on any atom is -0.379 e. The smallest absolute Gasteiger partial charge is 0.134 e. The van der Waals surface area contributed by atoms with Crippen molar-refractivity contribution >= 4 is 5.82 Å². The van der Waals surface area contributed by atoms with Gasteiger partial charge in [0.25, 0.3) is 0 Å². The molecule has 3 fully saturated rings. The zero-order valence-electron chi connectivity index (χ0n) is 15.4. The minimum atomic E-state index is 0.287. The van der Waals surface area contributed by atoms with Crippen LogP contribution in [0.15, 0.2) is 0 Å². The molecule has 0 amide bonds. The Kier molecular flexibility index (Phi) is 4.79. The second-order valence-electron chi connectivity index (χ2n) is 7.88. The number of hydrogen-bond acceptors (Lipinski definition) is 7. The molecule has 0 radical (unpaired) electrons. The molecule has 1 aromatic rings. The summed E-state index contributed by atoms with van der Waals surface area (Å²) in [7, 11) is 0. The van der Waals surface area contributed by atoms with E-state index >= 15 is 0 Å². The van der Waals surface area contributed by atoms with Gasteiger partial charge in [-0.3, -0.25) is 4.90 Å². The molecule has 3 aliphatic heterocycles. The van der Waals surface area contributed by atoms with Crippen LogP contribution in [-0.2, 0) is 22.3 Å². The van der Waals surface area contributed by atoms with E-state index in [1.54, 1.807) is 0 Å². The number of ether oxygens (including phenoxy) is 2. The molecule has 0 bridgehead atoms. The van der Waals surface area contributed by atoms with Crippen molar-refractivity contribution in [3.05, 3.63) is 17.1 Å². The zero-order valence-corrected chi connectivity index (χ0v) is 15.4. The predicted octanol–water partition coefficient (Wildman–Crippen LogP) is 0.554. The second kappa shape index (κ2) is 7.38. The van der Waals surface area contributed by atoms with Crippen molar-refractivity contribution in [2.45, 2.75) is 43.7 Å². The summed E-state index contributed by atoms with van der Waals surface area (Å²) < 4.78 is 11.4. The predicted molar refractivity (Wildman–Crippen MR) is 98.7 cm³/mol. The van der Waals surface area contributed by atoms with E-state index in [0.29, 0.717) is 12.0 Å². The quantitative estimate of drug-likeness (QED) is 0.814. The van der Waals surface area contributed by atoms with E-state index in [1.807, 2.05) is 0 Å². The monoisotopic (exact) mass is 359 g/mol. The lowest BCUT2D eigenvalue weighted by molar-refractivity contribution is 0.0130. The molecule has 1 aromatic heterocycles. The van der Waals surface area contributed by atoms with Crippen molar-refractivity contribution in [3.63, 3.8) is 0 Å². The van der Waals surface area contributed by atoms with Gasteiger partial charge in [-0.15, -0.1) is 0 Å². The molecular weight excluding hydrogens is 330 g/mol. The SMILES string of the molecule is C1Cc2nc(C3CC3)nc(N[C@@H]3COC[C@H]3N3CCOCC3)c2CCN1. The molecule has 0 aromatic carbocycles. The van der Waals surface area contributed by atoms with Gasteiger partial charge in [0.2, 0.25) is 0 Å². The molecule has 2 N–H and O–H groups in total. The topological polar surface area (TPSA) is 71.5 Å². The lowest BCUT2D eigenvalue weighted by atomic mass is 10.1. The van der Waals surface area contributed by atoms with Gasteiger partial charge in [0.05, 0.1) is 44.2 Å². The first-order valence-corrected chi connectivity index (χ1v) is 10.1. The number of fused-ring (bicyclic) bond motifs is 1. The molecule has 7 nitrogen and oxygen atoms in total. The van der Waals surface area contributed by atoms with Crippen LogP contribution in [0.2, 0.25) is 0 Å². The fourth-order valence-corrected chi connectivity index (χ4v) is 4.33. The van der Waals surface area contributed by atoms with Crippen LogP contribution in [0.3, 0.4) is 0 Å². The number of morpholine rings is 1. The Morgan fingerprint density at radius 2 is 1.85 bits per heavy atom. The van der Waals surface area contributed by atoms with E-state index in [2.05, 4.69) is 15.5 Å². The fourth-order valence-electron chi connectivity index (χ4n) is 4.33. The molecule has 2 saturated heterocycles. The molecular formula is C19H29N5O2. The summed E-state index contributed by atoms with van der Waals surface area (Å²) in [4.78, 5) is 12.4. The van der Waals surface area contributed by atoms with Crippen LogP contribution in [-0.4, -0.2) is 79.6 Å². The molecule has 26 heavy (non-hydrogen) atoms. The Morgan fingerprint density at radius 1 is 1.00 bits per heavy atom. The standard InChI is InChI=1S/C19H29N5O2/c1-2-13(1)18-21-15-4-6-20-5-3-14(15)19(23-18)22-16-11-26-12-17(16)24-7-9-25-10-8-24/h13,16-17,20H,1-12H2,(H,21,22,23)/t16-,17-/m1/s1. The Bertz CT molecular complexity index is 645. The summed E-state index contributed by atoms with van der Waals surface area (Å²) in [5.41, 5.74) is 2.56. The number of nitrogens with one attached hydrogen (secondary N) is 2. The largest absolute Gasteiger partial charge is 0.379 e. The number of hydrogen-bond donors (Lipinski definition) is 2. The highest BCUT2D eigenvalue weighted by Gasteiger charge is 2.35. The highest BCUT2D eigenvalue weighted by Crippen LogP contribution is 2.39. The van der Waals surface area contributed by atoms with Gasteiger partial charge in [0.1, 0.15) is 11.6 Å². The van der Waals surface area contributed by atoms with Crippen LogP contribution >= 0.6 is 0 Å². The first-order valence-electron chi connectivity index (χ1n) is 10.1. The third-order valence-corrected chi connectivity index (χ3v) is 6.03. The molecule has 1 aliphatic carbocycles. The van der Waals surface area contributed by atoms with Gasteiger partial charge in [0.15, 0.2) is 0 Å². The van der Waals surface area contributed by atoms with E-state index in [-0.39, 0.29) is 6.04 Å². The Morgan fingerprint density at radius 3 is 2.69 bits per heavy atom. The fraction of sp³-hybridized carbons (Fsp3) is 0.789. The molecule has 1 saturated carbocycles. The molecule has 142 valence electrons. The lowest BCUT2D eigenvalue weighted by Gasteiger charge is -2.35. The van der Waals surface area contributed by atoms with E-state index in [4.69, 9.17) is 19.4 Å². The number of aromatic nitrogens is 2. The minimum absolute atomic E-state index is 0.287. The van der Waals surface area contributed by atoms with Crippen LogP contribution in [0, 0.1) is 0 Å². The van der Waals surface area contributed by atoms with Crippen molar-refractivity contribution in [2.24, 2.45) is 0 Å². The summed E-state index contributed by atoms with van der Waals surface area (Å²) in [5, 5.41) is 7.28. The molecule has 7 heteroatoms. The van der Waals surface area contributed by atoms with Crippen molar-refractivity contribution in [2.75, 3.05) is 57.9 Å². The summed E-state index contributed by atoms with van der Waals surface area (Å²) in [6.07, 6.45) is 4.47. The third-order valence-electron chi connectivity index (χ3n) is 6.03. The van der Waals surface area contributed by atoms with Gasteiger partial charge in [-0.1, -0.05) is 0 Å². The van der Waals surface area contributed by atoms with Crippen LogP contribution in [0.5, 0.6) is 0 Å². The Hall–Kier alpha value is -1.28. The maximum atomic E-state index is 5.85. The third kappa shape index (κ3) is 3.45. The zero-order chi connectivity index (χ0) is 17.3. The van der Waals surface area contributed by atoms with Crippen LogP contribution in [0.25, 0.3) is 0 Å². The summed E-state index contributed by atoms with van der Waals surface area (Å²) in [5.74, 6) is 2.69. The van der Waals surface area contributed by atoms with Crippen LogP contribution < -0.4 is 10.6 Å². The van der Waals surface area contributed by atoms with Gasteiger partial charge < -0.3 is 20.1 Å². The normalized spacial score (nSPS) is 30.0. The Labute approximate surface area is 154 Å². The summed E-state index contributed by atoms with van der Waals surface area (Å²) >= 11 is 0. The van der Waals surface area contributed by atoms with Crippen LogP contribution in [0.4, 0.5) is 5.82 Å². The molecule has 0 spiro atoms. The highest BCUT2D eigenvalue weighted by molar-refractivity contribution is 5.49. The van der Waals surface area contributed by atoms with Gasteiger partial charge in [0, 0.05) is 37.5 Å². The van der Waals surface area contributed by atoms with Crippen LogP contribution in [0.1, 0.15) is 35.8 Å². The van der Waals surface area contributed by atoms with E-state index in [0.717, 1.165) is 77.1 Å². The summed E-state index contributed by atoms with van der Waals surface area (Å²) in [6, 6.07) is 0.688. The maximum absolute atomic E-state index is 5.85. The van der Waals surface area contributed by atoms with E-state index in [9.17, 15) is 0 Å². The van der Waals surface area contributed by atoms with E-state index < -0.39 is 0 Å². The molecule has 2 atom stereocenters. The average molecular weight is 359 g/mol. The number of anilines is 1. The van der Waals surface area contributed by atoms with Crippen molar-refractivity contribution in [1.29, 1.82) is 0 Å². The highest BCUT2D eigenvalue weighted by atomic mass is 16.5. The van der Waals surface area contributed by atoms with Gasteiger partial charge in [-0.25, -0.2) is 9.97 Å². The summed E-state index contributed by atoms with van der Waals surface area (Å²) in [6.45, 7) is 7.18. The van der Waals surface area contributed by atoms with Crippen molar-refractivity contribution in [1.82, 2.24) is 20.2 Å². The second-order valence-corrected chi connectivity index (χ2v) is 7.88. The van der Waals surface area contributed by atoms with Crippen molar-refractivity contribution in [3.8, 4) is 0 Å². The lowest BCUT2D eigenvalue weighted by Crippen LogP contribution is -2.51. The van der Waals surface area contributed by atoms with Gasteiger partial charge in [-0.05, 0) is 25.8 Å². The van der Waals surface area contributed by atoms with Crippen molar-refractivity contribution < 1.29 is 9.47 Å². The molecule has 5 rings (SSSR count). The first-order chi connectivity index (χ1) is 12.9. The maximum Gasteiger partial charge on any atom is 0.134 e. The first kappa shape index (κ1) is 16.9. The molecule has 4 heterocycles.